The fraction of sp³-hybridized carbons (Fsp3) is 0.462. The molecule has 0 bridgehead atoms. The van der Waals surface area contributed by atoms with Gasteiger partial charge in [-0.25, -0.2) is 4.79 Å². The molecule has 7 heteroatoms. The van der Waals surface area contributed by atoms with E-state index in [0.29, 0.717) is 5.92 Å². The fourth-order valence-corrected chi connectivity index (χ4v) is 5.97. The number of benzene rings is 2. The molecule has 2 fully saturated rings. The Morgan fingerprint density at radius 1 is 0.970 bits per heavy atom. The molecule has 3 atom stereocenters. The molecule has 1 aliphatic carbocycles. The third-order valence-corrected chi connectivity index (χ3v) is 7.93. The summed E-state index contributed by atoms with van der Waals surface area (Å²) >= 11 is 3.43. The van der Waals surface area contributed by atoms with E-state index in [4.69, 9.17) is 0 Å². The SMILES string of the molecule is CN1CCc2cc(NC(=O)C3C[C@H]4CCCCC4N3C(=O)Nc3ccc(Br)cc3)ccc2C1. The van der Waals surface area contributed by atoms with Crippen LogP contribution in [0, 0.1) is 5.92 Å². The molecule has 6 nitrogen and oxygen atoms in total. The second kappa shape index (κ2) is 9.47. The first kappa shape index (κ1) is 22.4. The smallest absolute Gasteiger partial charge is 0.322 e. The predicted molar refractivity (Wildman–Crippen MR) is 134 cm³/mol. The van der Waals surface area contributed by atoms with Gasteiger partial charge in [0.15, 0.2) is 0 Å². The molecule has 2 N–H and O–H groups in total. The summed E-state index contributed by atoms with van der Waals surface area (Å²) in [5.41, 5.74) is 4.19. The van der Waals surface area contributed by atoms with Gasteiger partial charge in [-0.15, -0.1) is 0 Å². The monoisotopic (exact) mass is 510 g/mol. The molecule has 1 saturated heterocycles. The molecule has 2 aliphatic heterocycles. The highest BCUT2D eigenvalue weighted by Crippen LogP contribution is 2.40. The van der Waals surface area contributed by atoms with E-state index in [2.05, 4.69) is 50.6 Å². The number of nitrogens with zero attached hydrogens (tertiary/aromatic N) is 2. The van der Waals surface area contributed by atoms with E-state index in [0.717, 1.165) is 61.0 Å². The number of likely N-dealkylation sites (N-methyl/N-ethyl adjacent to an activating group) is 1. The Labute approximate surface area is 203 Å². The molecule has 33 heavy (non-hydrogen) atoms. The fourth-order valence-electron chi connectivity index (χ4n) is 5.70. The summed E-state index contributed by atoms with van der Waals surface area (Å²) in [5, 5.41) is 6.15. The van der Waals surface area contributed by atoms with E-state index < -0.39 is 6.04 Å². The van der Waals surface area contributed by atoms with Crippen molar-refractivity contribution in [2.45, 2.75) is 57.2 Å². The van der Waals surface area contributed by atoms with E-state index in [9.17, 15) is 9.59 Å². The molecule has 2 heterocycles. The van der Waals surface area contributed by atoms with Gasteiger partial charge >= 0.3 is 6.03 Å². The third kappa shape index (κ3) is 4.80. The van der Waals surface area contributed by atoms with Crippen molar-refractivity contribution in [2.75, 3.05) is 24.2 Å². The first-order valence-electron chi connectivity index (χ1n) is 11.9. The van der Waals surface area contributed by atoms with Crippen molar-refractivity contribution in [1.29, 1.82) is 0 Å². The lowest BCUT2D eigenvalue weighted by Gasteiger charge is -2.33. The number of hydrogen-bond donors (Lipinski definition) is 2. The molecule has 1 saturated carbocycles. The van der Waals surface area contributed by atoms with E-state index in [-0.39, 0.29) is 18.0 Å². The average molecular weight is 511 g/mol. The van der Waals surface area contributed by atoms with Crippen LogP contribution in [-0.2, 0) is 17.8 Å². The van der Waals surface area contributed by atoms with Gasteiger partial charge in [0.05, 0.1) is 0 Å². The van der Waals surface area contributed by atoms with E-state index in [1.165, 1.54) is 17.5 Å². The Morgan fingerprint density at radius 2 is 1.73 bits per heavy atom. The number of likely N-dealkylation sites (tertiary alicyclic amines) is 1. The first-order valence-corrected chi connectivity index (χ1v) is 12.7. The first-order chi connectivity index (χ1) is 16.0. The Kier molecular flexibility index (Phi) is 6.43. The van der Waals surface area contributed by atoms with E-state index >= 15 is 0 Å². The number of carbonyl (C=O) groups excluding carboxylic acids is 2. The van der Waals surface area contributed by atoms with Crippen LogP contribution in [0.2, 0.25) is 0 Å². The van der Waals surface area contributed by atoms with Crippen LogP contribution in [0.25, 0.3) is 0 Å². The molecule has 3 aliphatic rings. The zero-order valence-corrected chi connectivity index (χ0v) is 20.6. The molecule has 2 unspecified atom stereocenters. The van der Waals surface area contributed by atoms with Gasteiger partial charge in [-0.05, 0) is 86.2 Å². The summed E-state index contributed by atoms with van der Waals surface area (Å²) < 4.78 is 0.961. The minimum atomic E-state index is -0.448. The highest BCUT2D eigenvalue weighted by Gasteiger charge is 2.47. The second-order valence-corrected chi connectivity index (χ2v) is 10.6. The van der Waals surface area contributed by atoms with Crippen LogP contribution in [0.5, 0.6) is 0 Å². The molecule has 2 aromatic rings. The van der Waals surface area contributed by atoms with Crippen LogP contribution in [0.4, 0.5) is 16.2 Å². The maximum absolute atomic E-state index is 13.4. The quantitative estimate of drug-likeness (QED) is 0.593. The molecular formula is C26H31BrN4O2. The molecule has 174 valence electrons. The lowest BCUT2D eigenvalue weighted by Crippen LogP contribution is -2.49. The molecule has 2 aromatic carbocycles. The molecule has 5 rings (SSSR count). The number of urea groups is 1. The predicted octanol–water partition coefficient (Wildman–Crippen LogP) is 5.24. The number of rotatable bonds is 3. The largest absolute Gasteiger partial charge is 0.324 e. The topological polar surface area (TPSA) is 64.7 Å². The van der Waals surface area contributed by atoms with Gasteiger partial charge in [-0.1, -0.05) is 34.8 Å². The lowest BCUT2D eigenvalue weighted by atomic mass is 9.85. The highest BCUT2D eigenvalue weighted by molar-refractivity contribution is 9.10. The van der Waals surface area contributed by atoms with Crippen molar-refractivity contribution < 1.29 is 9.59 Å². The minimum Gasteiger partial charge on any atom is -0.324 e. The number of carbonyl (C=O) groups is 2. The van der Waals surface area contributed by atoms with Gasteiger partial charge < -0.3 is 20.4 Å². The van der Waals surface area contributed by atoms with Crippen molar-refractivity contribution in [3.05, 3.63) is 58.1 Å². The molecular weight excluding hydrogens is 480 g/mol. The standard InChI is InChI=1S/C26H31BrN4O2/c1-30-13-12-17-14-22(9-6-19(17)16-30)28-25(32)24-15-18-4-2-3-5-23(18)31(24)26(33)29-21-10-7-20(27)8-11-21/h6-11,14,18,23-24H,2-5,12-13,15-16H2,1H3,(H,28,32)(H,29,33)/t18-,23?,24?/m1/s1. The minimum absolute atomic E-state index is 0.0803. The van der Waals surface area contributed by atoms with Crippen molar-refractivity contribution in [1.82, 2.24) is 9.80 Å². The summed E-state index contributed by atoms with van der Waals surface area (Å²) in [7, 11) is 2.13. The number of fused-ring (bicyclic) bond motifs is 2. The van der Waals surface area contributed by atoms with Gasteiger partial charge in [0.2, 0.25) is 5.91 Å². The van der Waals surface area contributed by atoms with E-state index in [1.807, 2.05) is 35.2 Å². The van der Waals surface area contributed by atoms with Gasteiger partial charge in [0, 0.05) is 35.0 Å². The third-order valence-electron chi connectivity index (χ3n) is 7.40. The Bertz CT molecular complexity index is 1040. The number of halogens is 1. The number of amides is 3. The summed E-state index contributed by atoms with van der Waals surface area (Å²) in [6, 6.07) is 13.3. The second-order valence-electron chi connectivity index (χ2n) is 9.67. The summed E-state index contributed by atoms with van der Waals surface area (Å²) in [4.78, 5) is 30.9. The average Bonchev–Trinajstić information content (AvgIpc) is 3.21. The van der Waals surface area contributed by atoms with Crippen molar-refractivity contribution >= 4 is 39.2 Å². The maximum atomic E-state index is 13.4. The zero-order valence-electron chi connectivity index (χ0n) is 19.0. The van der Waals surface area contributed by atoms with Gasteiger partial charge in [0.25, 0.3) is 0 Å². The van der Waals surface area contributed by atoms with Crippen LogP contribution >= 0.6 is 15.9 Å². The number of nitrogens with one attached hydrogen (secondary N) is 2. The van der Waals surface area contributed by atoms with Crippen molar-refractivity contribution in [2.24, 2.45) is 5.92 Å². The maximum Gasteiger partial charge on any atom is 0.322 e. The van der Waals surface area contributed by atoms with Gasteiger partial charge in [-0.3, -0.25) is 4.79 Å². The summed E-state index contributed by atoms with van der Waals surface area (Å²) in [5.74, 6) is 0.312. The molecule has 0 aromatic heterocycles. The summed E-state index contributed by atoms with van der Waals surface area (Å²) in [6.45, 7) is 1.97. The molecule has 0 radical (unpaired) electrons. The van der Waals surface area contributed by atoms with Crippen LogP contribution in [-0.4, -0.2) is 47.4 Å². The van der Waals surface area contributed by atoms with Gasteiger partial charge in [0.1, 0.15) is 6.04 Å². The van der Waals surface area contributed by atoms with Crippen LogP contribution in [0.15, 0.2) is 46.9 Å². The lowest BCUT2D eigenvalue weighted by molar-refractivity contribution is -0.119. The number of hydrogen-bond acceptors (Lipinski definition) is 3. The van der Waals surface area contributed by atoms with Gasteiger partial charge in [-0.2, -0.15) is 0 Å². The van der Waals surface area contributed by atoms with Crippen molar-refractivity contribution in [3.63, 3.8) is 0 Å². The van der Waals surface area contributed by atoms with Crippen LogP contribution < -0.4 is 10.6 Å². The van der Waals surface area contributed by atoms with E-state index in [1.54, 1.807) is 0 Å². The Balaban J connectivity index is 1.34. The zero-order chi connectivity index (χ0) is 22.9. The van der Waals surface area contributed by atoms with Crippen LogP contribution in [0.3, 0.4) is 0 Å². The molecule has 0 spiro atoms. The van der Waals surface area contributed by atoms with Crippen LogP contribution in [0.1, 0.15) is 43.2 Å². The Morgan fingerprint density at radius 3 is 2.55 bits per heavy atom. The summed E-state index contributed by atoms with van der Waals surface area (Å²) in [6.07, 6.45) is 6.07. The number of anilines is 2. The van der Waals surface area contributed by atoms with Crippen molar-refractivity contribution in [3.8, 4) is 0 Å². The normalized spacial score (nSPS) is 24.7. The highest BCUT2D eigenvalue weighted by atomic mass is 79.9. The Hall–Kier alpha value is -2.38. The molecule has 3 amide bonds.